The first kappa shape index (κ1) is 22.3. The fourth-order valence-electron chi connectivity index (χ4n) is 4.33. The van der Waals surface area contributed by atoms with Crippen LogP contribution in [0.2, 0.25) is 0 Å². The van der Waals surface area contributed by atoms with Gasteiger partial charge in [-0.2, -0.15) is 0 Å². The third kappa shape index (κ3) is 5.67. The van der Waals surface area contributed by atoms with Crippen LogP contribution in [0.5, 0.6) is 5.75 Å². The highest BCUT2D eigenvalue weighted by atomic mass is 16.5. The van der Waals surface area contributed by atoms with Crippen LogP contribution in [0.3, 0.4) is 0 Å². The van der Waals surface area contributed by atoms with Gasteiger partial charge in [-0.15, -0.1) is 0 Å². The molecule has 0 unspecified atom stereocenters. The quantitative estimate of drug-likeness (QED) is 0.580. The van der Waals surface area contributed by atoms with E-state index in [9.17, 15) is 4.79 Å². The highest BCUT2D eigenvalue weighted by Gasteiger charge is 2.18. The molecule has 0 aliphatic carbocycles. The molecule has 3 aromatic carbocycles. The maximum absolute atomic E-state index is 11.4. The number of ether oxygens (including phenoxy) is 1. The molecule has 1 fully saturated rings. The van der Waals surface area contributed by atoms with Crippen molar-refractivity contribution in [3.63, 3.8) is 0 Å². The van der Waals surface area contributed by atoms with Crippen LogP contribution in [0, 0.1) is 0 Å². The van der Waals surface area contributed by atoms with E-state index in [2.05, 4.69) is 77.8 Å². The van der Waals surface area contributed by atoms with E-state index < -0.39 is 0 Å². The van der Waals surface area contributed by atoms with E-state index in [1.165, 1.54) is 21.9 Å². The Balaban J connectivity index is 1.26. The predicted molar refractivity (Wildman–Crippen MR) is 130 cm³/mol. The molecule has 0 spiro atoms. The molecule has 1 N–H and O–H groups in total. The fraction of sp³-hybridized carbons (Fsp3) is 0.370. The van der Waals surface area contributed by atoms with E-state index in [1.807, 2.05) is 11.0 Å². The number of rotatable bonds is 8. The first-order chi connectivity index (χ1) is 15.6. The smallest absolute Gasteiger partial charge is 0.219 e. The maximum atomic E-state index is 11.4. The predicted octanol–water partition coefficient (Wildman–Crippen LogP) is 4.23. The monoisotopic (exact) mass is 431 g/mol. The van der Waals surface area contributed by atoms with E-state index >= 15 is 0 Å². The van der Waals surface area contributed by atoms with Crippen LogP contribution in [0.25, 0.3) is 10.8 Å². The number of benzene rings is 3. The van der Waals surface area contributed by atoms with Crippen molar-refractivity contribution in [1.82, 2.24) is 15.1 Å². The van der Waals surface area contributed by atoms with E-state index in [0.29, 0.717) is 6.61 Å². The third-order valence-electron chi connectivity index (χ3n) is 6.29. The number of hydrogen-bond donors (Lipinski definition) is 1. The van der Waals surface area contributed by atoms with Gasteiger partial charge in [0, 0.05) is 52.2 Å². The van der Waals surface area contributed by atoms with Crippen molar-refractivity contribution < 1.29 is 9.53 Å². The molecule has 1 aliphatic rings. The maximum Gasteiger partial charge on any atom is 0.219 e. The topological polar surface area (TPSA) is 44.8 Å². The zero-order valence-electron chi connectivity index (χ0n) is 19.1. The molecular formula is C27H33N3O2. The van der Waals surface area contributed by atoms with E-state index in [1.54, 1.807) is 6.92 Å². The lowest BCUT2D eigenvalue weighted by atomic mass is 9.99. The summed E-state index contributed by atoms with van der Waals surface area (Å²) in [6.45, 7) is 9.64. The minimum absolute atomic E-state index is 0.168. The lowest BCUT2D eigenvalue weighted by molar-refractivity contribution is -0.130. The van der Waals surface area contributed by atoms with E-state index in [4.69, 9.17) is 4.74 Å². The largest absolute Gasteiger partial charge is 0.492 e. The average molecular weight is 432 g/mol. The van der Waals surface area contributed by atoms with Crippen molar-refractivity contribution >= 4 is 16.7 Å². The molecule has 1 atom stereocenters. The summed E-state index contributed by atoms with van der Waals surface area (Å²) in [5.41, 5.74) is 2.53. The van der Waals surface area contributed by atoms with Crippen LogP contribution in [-0.2, 0) is 11.3 Å². The molecule has 32 heavy (non-hydrogen) atoms. The highest BCUT2D eigenvalue weighted by molar-refractivity contribution is 5.86. The van der Waals surface area contributed by atoms with Gasteiger partial charge in [0.2, 0.25) is 5.91 Å². The first-order valence-corrected chi connectivity index (χ1v) is 11.5. The van der Waals surface area contributed by atoms with Gasteiger partial charge in [0.25, 0.3) is 0 Å². The van der Waals surface area contributed by atoms with Crippen LogP contribution in [0.1, 0.15) is 31.0 Å². The molecule has 5 nitrogen and oxygen atoms in total. The summed E-state index contributed by atoms with van der Waals surface area (Å²) in [6.07, 6.45) is 0. The first-order valence-electron chi connectivity index (χ1n) is 11.5. The van der Waals surface area contributed by atoms with Crippen molar-refractivity contribution in [1.29, 1.82) is 0 Å². The Morgan fingerprint density at radius 3 is 2.56 bits per heavy atom. The van der Waals surface area contributed by atoms with Gasteiger partial charge in [-0.05, 0) is 41.0 Å². The Morgan fingerprint density at radius 1 is 1.00 bits per heavy atom. The number of nitrogens with one attached hydrogen (secondary N) is 1. The summed E-state index contributed by atoms with van der Waals surface area (Å²) in [4.78, 5) is 15.7. The highest BCUT2D eigenvalue weighted by Crippen LogP contribution is 2.24. The molecule has 5 heteroatoms. The van der Waals surface area contributed by atoms with Crippen molar-refractivity contribution in [3.05, 3.63) is 77.9 Å². The number of nitrogens with zero attached hydrogens (tertiary/aromatic N) is 2. The second kappa shape index (κ2) is 10.6. The fourth-order valence-corrected chi connectivity index (χ4v) is 4.33. The lowest BCUT2D eigenvalue weighted by Crippen LogP contribution is -2.48. The molecule has 0 aromatic heterocycles. The van der Waals surface area contributed by atoms with Gasteiger partial charge in [0.1, 0.15) is 12.4 Å². The summed E-state index contributed by atoms with van der Waals surface area (Å²) in [7, 11) is 0. The van der Waals surface area contributed by atoms with Crippen molar-refractivity contribution in [2.24, 2.45) is 0 Å². The number of piperazine rings is 1. The van der Waals surface area contributed by atoms with Crippen LogP contribution in [0.15, 0.2) is 66.7 Å². The van der Waals surface area contributed by atoms with Gasteiger partial charge < -0.3 is 15.0 Å². The van der Waals surface area contributed by atoms with Crippen molar-refractivity contribution in [2.75, 3.05) is 39.3 Å². The Kier molecular flexibility index (Phi) is 7.40. The van der Waals surface area contributed by atoms with E-state index in [-0.39, 0.29) is 11.9 Å². The standard InChI is InChI=1S/C27H33N3O2/c1-21(26-12-6-9-24-8-3-4-11-27(24)26)28-20-23-7-5-10-25(19-23)32-18-17-29-13-15-30(16-14-29)22(2)31/h3-12,19,21,28H,13-18,20H2,1-2H3/t21-/m1/s1. The Morgan fingerprint density at radius 2 is 1.75 bits per heavy atom. The molecular weight excluding hydrogens is 398 g/mol. The second-order valence-corrected chi connectivity index (χ2v) is 8.51. The normalized spacial score (nSPS) is 15.6. The molecule has 1 heterocycles. The number of hydrogen-bond acceptors (Lipinski definition) is 4. The SMILES string of the molecule is CC(=O)N1CCN(CCOc2cccc(CN[C@H](C)c3cccc4ccccc34)c2)CC1. The number of fused-ring (bicyclic) bond motifs is 1. The number of amides is 1. The molecule has 1 saturated heterocycles. The average Bonchev–Trinajstić information content (AvgIpc) is 2.83. The molecule has 4 rings (SSSR count). The van der Waals surface area contributed by atoms with Crippen LogP contribution >= 0.6 is 0 Å². The van der Waals surface area contributed by atoms with Crippen LogP contribution < -0.4 is 10.1 Å². The molecule has 0 bridgehead atoms. The molecule has 0 radical (unpaired) electrons. The number of carbonyl (C=O) groups is 1. The van der Waals surface area contributed by atoms with Gasteiger partial charge in [-0.3, -0.25) is 9.69 Å². The summed E-state index contributed by atoms with van der Waals surface area (Å²) in [5, 5.41) is 6.24. The van der Waals surface area contributed by atoms with Gasteiger partial charge in [-0.25, -0.2) is 0 Å². The second-order valence-electron chi connectivity index (χ2n) is 8.51. The summed E-state index contributed by atoms with van der Waals surface area (Å²) >= 11 is 0. The minimum Gasteiger partial charge on any atom is -0.492 e. The van der Waals surface area contributed by atoms with Crippen molar-refractivity contribution in [3.8, 4) is 5.75 Å². The molecule has 168 valence electrons. The molecule has 1 amide bonds. The molecule has 1 aliphatic heterocycles. The Bertz CT molecular complexity index is 1040. The van der Waals surface area contributed by atoms with Gasteiger partial charge >= 0.3 is 0 Å². The summed E-state index contributed by atoms with van der Waals surface area (Å²) in [6, 6.07) is 23.6. The van der Waals surface area contributed by atoms with Crippen molar-refractivity contribution in [2.45, 2.75) is 26.4 Å². The lowest BCUT2D eigenvalue weighted by Gasteiger charge is -2.34. The van der Waals surface area contributed by atoms with Gasteiger partial charge in [0.05, 0.1) is 0 Å². The molecule has 0 saturated carbocycles. The zero-order valence-corrected chi connectivity index (χ0v) is 19.1. The third-order valence-corrected chi connectivity index (χ3v) is 6.29. The van der Waals surface area contributed by atoms with Gasteiger partial charge in [-0.1, -0.05) is 54.6 Å². The Labute approximate surface area is 191 Å². The Hall–Kier alpha value is -2.89. The summed E-state index contributed by atoms with van der Waals surface area (Å²) < 4.78 is 6.02. The summed E-state index contributed by atoms with van der Waals surface area (Å²) in [5.74, 6) is 1.07. The van der Waals surface area contributed by atoms with Crippen LogP contribution in [0.4, 0.5) is 0 Å². The number of carbonyl (C=O) groups excluding carboxylic acids is 1. The van der Waals surface area contributed by atoms with Crippen LogP contribution in [-0.4, -0.2) is 55.0 Å². The minimum atomic E-state index is 0.168. The molecule has 3 aromatic rings. The van der Waals surface area contributed by atoms with E-state index in [0.717, 1.165) is 45.0 Å². The zero-order chi connectivity index (χ0) is 22.3. The van der Waals surface area contributed by atoms with Gasteiger partial charge in [0.15, 0.2) is 0 Å².